The van der Waals surface area contributed by atoms with Crippen molar-refractivity contribution in [3.05, 3.63) is 75.2 Å². The fraction of sp³-hybridized carbons (Fsp3) is 0.176. The summed E-state index contributed by atoms with van der Waals surface area (Å²) >= 11 is 8.80. The van der Waals surface area contributed by atoms with Gasteiger partial charge in [-0.3, -0.25) is 19.0 Å². The van der Waals surface area contributed by atoms with Crippen LogP contribution in [0.1, 0.15) is 17.0 Å². The lowest BCUT2D eigenvalue weighted by molar-refractivity contribution is 0.643. The van der Waals surface area contributed by atoms with Crippen molar-refractivity contribution in [1.82, 2.24) is 34.3 Å². The smallest absolute Gasteiger partial charge is 0.200 e. The molecule has 0 unspecified atom stereocenters. The van der Waals surface area contributed by atoms with Crippen molar-refractivity contribution in [2.75, 3.05) is 0 Å². The predicted octanol–water partition coefficient (Wildman–Crippen LogP) is 3.49. The highest BCUT2D eigenvalue weighted by Crippen LogP contribution is 2.14. The van der Waals surface area contributed by atoms with Crippen molar-refractivity contribution in [2.45, 2.75) is 20.0 Å². The third-order valence-electron chi connectivity index (χ3n) is 3.99. The Hall–Kier alpha value is -2.52. The molecule has 1 aromatic carbocycles. The maximum absolute atomic E-state index is 5.40. The van der Waals surface area contributed by atoms with Gasteiger partial charge in [-0.15, -0.1) is 0 Å². The largest absolute Gasteiger partial charge is 0.267 e. The molecule has 0 aliphatic rings. The Balaban J connectivity index is 1.60. The summed E-state index contributed by atoms with van der Waals surface area (Å²) < 4.78 is 7.01. The average molecular weight is 430 g/mol. The second kappa shape index (κ2) is 7.00. The van der Waals surface area contributed by atoms with Crippen molar-refractivity contribution >= 4 is 28.1 Å². The van der Waals surface area contributed by atoms with Gasteiger partial charge in [-0.1, -0.05) is 29.8 Å². The highest BCUT2D eigenvalue weighted by atomic mass is 79.9. The topological polar surface area (TPSA) is 69.2 Å². The van der Waals surface area contributed by atoms with Crippen molar-refractivity contribution in [2.24, 2.45) is 0 Å². The van der Waals surface area contributed by atoms with Crippen LogP contribution in [0.5, 0.6) is 0 Å². The quantitative estimate of drug-likeness (QED) is 0.493. The SMILES string of the molecule is Cc1ccc(Cn2cc(-n3c(Cn4cc(Br)cn4)n[nH]c3=S)cn2)cc1. The molecule has 0 bridgehead atoms. The molecule has 0 aliphatic carbocycles. The van der Waals surface area contributed by atoms with E-state index in [4.69, 9.17) is 12.2 Å². The standard InChI is InChI=1S/C17H16BrN7S/c1-12-2-4-13(5-3-12)8-23-10-15(7-20-23)25-16(21-22-17(25)26)11-24-9-14(18)6-19-24/h2-7,9-10H,8,11H2,1H3,(H,22,26). The molecule has 9 heteroatoms. The lowest BCUT2D eigenvalue weighted by atomic mass is 10.1. The number of rotatable bonds is 5. The maximum Gasteiger partial charge on any atom is 0.200 e. The molecule has 0 saturated carbocycles. The fourth-order valence-electron chi connectivity index (χ4n) is 2.71. The van der Waals surface area contributed by atoms with E-state index in [0.29, 0.717) is 17.9 Å². The highest BCUT2D eigenvalue weighted by molar-refractivity contribution is 9.10. The average Bonchev–Trinajstić information content (AvgIpc) is 3.32. The Morgan fingerprint density at radius 3 is 2.50 bits per heavy atom. The van der Waals surface area contributed by atoms with Crippen molar-refractivity contribution in [1.29, 1.82) is 0 Å². The molecule has 0 fully saturated rings. The Morgan fingerprint density at radius 1 is 1.04 bits per heavy atom. The van der Waals surface area contributed by atoms with E-state index in [-0.39, 0.29) is 0 Å². The summed E-state index contributed by atoms with van der Waals surface area (Å²) in [6.07, 6.45) is 7.39. The van der Waals surface area contributed by atoms with E-state index in [0.717, 1.165) is 16.0 Å². The minimum atomic E-state index is 0.502. The first-order valence-corrected chi connectivity index (χ1v) is 9.21. The molecular weight excluding hydrogens is 414 g/mol. The number of nitrogens with zero attached hydrogens (tertiary/aromatic N) is 6. The van der Waals surface area contributed by atoms with Gasteiger partial charge in [0.25, 0.3) is 0 Å². The van der Waals surface area contributed by atoms with E-state index < -0.39 is 0 Å². The molecular formula is C17H16BrN7S. The molecule has 0 aliphatic heterocycles. The zero-order valence-corrected chi connectivity index (χ0v) is 16.4. The predicted molar refractivity (Wildman–Crippen MR) is 104 cm³/mol. The summed E-state index contributed by atoms with van der Waals surface area (Å²) in [4.78, 5) is 0. The van der Waals surface area contributed by atoms with Crippen LogP contribution in [0.15, 0.2) is 53.5 Å². The molecule has 0 radical (unpaired) electrons. The molecule has 0 saturated heterocycles. The summed E-state index contributed by atoms with van der Waals surface area (Å²) in [6, 6.07) is 8.43. The number of aromatic nitrogens is 7. The van der Waals surface area contributed by atoms with Crippen LogP contribution in [0.2, 0.25) is 0 Å². The minimum Gasteiger partial charge on any atom is -0.267 e. The van der Waals surface area contributed by atoms with Crippen molar-refractivity contribution in [3.8, 4) is 5.69 Å². The lowest BCUT2D eigenvalue weighted by Crippen LogP contribution is -2.07. The van der Waals surface area contributed by atoms with Crippen LogP contribution < -0.4 is 0 Å². The monoisotopic (exact) mass is 429 g/mol. The van der Waals surface area contributed by atoms with Crippen molar-refractivity contribution in [3.63, 3.8) is 0 Å². The zero-order valence-electron chi connectivity index (χ0n) is 14.0. The van der Waals surface area contributed by atoms with Gasteiger partial charge in [0, 0.05) is 12.4 Å². The van der Waals surface area contributed by atoms with Crippen LogP contribution >= 0.6 is 28.1 Å². The number of hydrogen-bond acceptors (Lipinski definition) is 4. The molecule has 1 N–H and O–H groups in total. The summed E-state index contributed by atoms with van der Waals surface area (Å²) in [5.74, 6) is 0.764. The number of nitrogens with one attached hydrogen (secondary N) is 1. The van der Waals surface area contributed by atoms with Gasteiger partial charge in [0.1, 0.15) is 6.54 Å². The number of aromatic amines is 1. The summed E-state index contributed by atoms with van der Waals surface area (Å²) in [7, 11) is 0. The van der Waals surface area contributed by atoms with E-state index in [9.17, 15) is 0 Å². The van der Waals surface area contributed by atoms with Gasteiger partial charge >= 0.3 is 0 Å². The Bertz CT molecular complexity index is 1090. The first-order chi connectivity index (χ1) is 12.6. The molecule has 0 spiro atoms. The number of halogens is 1. The first-order valence-electron chi connectivity index (χ1n) is 8.01. The molecule has 3 heterocycles. The molecule has 4 aromatic rings. The van der Waals surface area contributed by atoms with Crippen LogP contribution in [0.25, 0.3) is 5.69 Å². The minimum absolute atomic E-state index is 0.502. The van der Waals surface area contributed by atoms with Gasteiger partial charge in [0.05, 0.1) is 29.1 Å². The molecule has 4 rings (SSSR count). The van der Waals surface area contributed by atoms with E-state index >= 15 is 0 Å². The summed E-state index contributed by atoms with van der Waals surface area (Å²) in [6.45, 7) is 3.28. The second-order valence-corrected chi connectivity index (χ2v) is 7.32. The number of hydrogen-bond donors (Lipinski definition) is 1. The van der Waals surface area contributed by atoms with Crippen LogP contribution in [0.4, 0.5) is 0 Å². The molecule has 0 amide bonds. The lowest BCUT2D eigenvalue weighted by Gasteiger charge is -2.05. The summed E-state index contributed by atoms with van der Waals surface area (Å²) in [5.41, 5.74) is 3.31. The molecule has 132 valence electrons. The van der Waals surface area contributed by atoms with Crippen LogP contribution in [0, 0.1) is 11.7 Å². The molecule has 26 heavy (non-hydrogen) atoms. The Kier molecular flexibility index (Phi) is 4.56. The normalized spacial score (nSPS) is 11.2. The molecule has 0 atom stereocenters. The molecule has 3 aromatic heterocycles. The van der Waals surface area contributed by atoms with E-state index in [1.807, 2.05) is 21.6 Å². The highest BCUT2D eigenvalue weighted by Gasteiger charge is 2.12. The van der Waals surface area contributed by atoms with Crippen LogP contribution in [0.3, 0.4) is 0 Å². The number of aryl methyl sites for hydroxylation is 1. The molecule has 7 nitrogen and oxygen atoms in total. The van der Waals surface area contributed by atoms with E-state index in [1.54, 1.807) is 17.1 Å². The van der Waals surface area contributed by atoms with Gasteiger partial charge in [0.15, 0.2) is 10.6 Å². The van der Waals surface area contributed by atoms with Crippen LogP contribution in [-0.4, -0.2) is 34.3 Å². The Labute approximate surface area is 163 Å². The van der Waals surface area contributed by atoms with Gasteiger partial charge in [-0.05, 0) is 40.6 Å². The summed E-state index contributed by atoms with van der Waals surface area (Å²) in [5, 5.41) is 15.9. The fourth-order valence-corrected chi connectivity index (χ4v) is 3.29. The van der Waals surface area contributed by atoms with Gasteiger partial charge in [0.2, 0.25) is 0 Å². The van der Waals surface area contributed by atoms with Crippen LogP contribution in [-0.2, 0) is 13.1 Å². The van der Waals surface area contributed by atoms with Gasteiger partial charge in [-0.25, -0.2) is 0 Å². The van der Waals surface area contributed by atoms with Gasteiger partial charge < -0.3 is 0 Å². The van der Waals surface area contributed by atoms with E-state index in [1.165, 1.54) is 11.1 Å². The zero-order chi connectivity index (χ0) is 18.1. The van der Waals surface area contributed by atoms with Crippen molar-refractivity contribution < 1.29 is 0 Å². The third-order valence-corrected chi connectivity index (χ3v) is 4.67. The number of benzene rings is 1. The third kappa shape index (κ3) is 3.54. The second-order valence-electron chi connectivity index (χ2n) is 6.02. The Morgan fingerprint density at radius 2 is 1.77 bits per heavy atom. The van der Waals surface area contributed by atoms with Gasteiger partial charge in [-0.2, -0.15) is 15.3 Å². The first kappa shape index (κ1) is 16.9. The van der Waals surface area contributed by atoms with E-state index in [2.05, 4.69) is 67.5 Å². The number of H-pyrrole nitrogens is 1. The maximum atomic E-state index is 5.40.